The second-order valence-electron chi connectivity index (χ2n) is 7.79. The number of benzene rings is 1. The molecular weight excluding hydrogens is 357 g/mol. The Hall–Kier alpha value is -0.810. The van der Waals surface area contributed by atoms with Crippen LogP contribution in [0.2, 0.25) is 0 Å². The SMILES string of the molecule is C[C@H]1CCC(O)(C(CN2CCNCC2)c2cccc(OC(F)(F)P)c2)C1. The van der Waals surface area contributed by atoms with Crippen molar-refractivity contribution in [2.24, 2.45) is 5.92 Å². The fraction of sp³-hybridized carbons (Fsp3) is 0.684. The van der Waals surface area contributed by atoms with Crippen LogP contribution in [-0.2, 0) is 0 Å². The Balaban J connectivity index is 1.86. The van der Waals surface area contributed by atoms with Crippen LogP contribution in [0.15, 0.2) is 24.3 Å². The molecular formula is C19H29F2N2O2P. The van der Waals surface area contributed by atoms with Crippen LogP contribution in [0.1, 0.15) is 37.7 Å². The first-order valence-electron chi connectivity index (χ1n) is 9.36. The van der Waals surface area contributed by atoms with Gasteiger partial charge in [-0.15, -0.1) is 0 Å². The topological polar surface area (TPSA) is 44.7 Å². The molecule has 1 aliphatic carbocycles. The second-order valence-corrected chi connectivity index (χ2v) is 8.46. The standard InChI is InChI=1S/C19H29F2N2O2P/c1-14-5-6-18(24,12-14)17(13-23-9-7-22-8-10-23)15-3-2-4-16(11-15)25-19(20,21)26/h2-4,11,14,17,22,24H,5-10,12-13,26H2,1H3/t14-,17?,18?/m0/s1. The average Bonchev–Trinajstić information content (AvgIpc) is 2.92. The first-order chi connectivity index (χ1) is 12.3. The maximum atomic E-state index is 13.2. The predicted octanol–water partition coefficient (Wildman–Crippen LogP) is 3.03. The Morgan fingerprint density at radius 2 is 2.15 bits per heavy atom. The molecule has 2 N–H and O–H groups in total. The van der Waals surface area contributed by atoms with Gasteiger partial charge in [-0.25, -0.2) is 0 Å². The lowest BCUT2D eigenvalue weighted by atomic mass is 9.79. The number of aliphatic hydroxyl groups is 1. The molecule has 7 heteroatoms. The largest absolute Gasteiger partial charge is 0.430 e. The van der Waals surface area contributed by atoms with E-state index in [0.717, 1.165) is 57.5 Å². The van der Waals surface area contributed by atoms with Gasteiger partial charge in [0.25, 0.3) is 0 Å². The molecule has 3 unspecified atom stereocenters. The van der Waals surface area contributed by atoms with E-state index in [9.17, 15) is 13.9 Å². The Bertz CT molecular complexity index is 607. The van der Waals surface area contributed by atoms with Gasteiger partial charge >= 0.3 is 5.85 Å². The number of alkyl halides is 2. The van der Waals surface area contributed by atoms with E-state index in [0.29, 0.717) is 5.92 Å². The van der Waals surface area contributed by atoms with Crippen LogP contribution in [0.3, 0.4) is 0 Å². The van der Waals surface area contributed by atoms with Gasteiger partial charge in [-0.2, -0.15) is 8.78 Å². The van der Waals surface area contributed by atoms with Crippen molar-refractivity contribution in [3.8, 4) is 5.75 Å². The number of halogens is 2. The normalized spacial score (nSPS) is 28.9. The van der Waals surface area contributed by atoms with Crippen molar-refractivity contribution < 1.29 is 18.6 Å². The Morgan fingerprint density at radius 3 is 2.77 bits per heavy atom. The Morgan fingerprint density at radius 1 is 1.42 bits per heavy atom. The lowest BCUT2D eigenvalue weighted by Crippen LogP contribution is -2.48. The molecule has 1 heterocycles. The summed E-state index contributed by atoms with van der Waals surface area (Å²) in [6, 6.07) is 6.84. The lowest BCUT2D eigenvalue weighted by molar-refractivity contribution is -0.0893. The molecule has 1 saturated carbocycles. The number of hydrogen-bond donors (Lipinski definition) is 2. The highest BCUT2D eigenvalue weighted by molar-refractivity contribution is 7.17. The number of rotatable bonds is 6. The smallest absolute Gasteiger partial charge is 0.408 e. The van der Waals surface area contributed by atoms with E-state index in [1.165, 1.54) is 15.3 Å². The van der Waals surface area contributed by atoms with E-state index in [2.05, 4.69) is 17.1 Å². The molecule has 4 atom stereocenters. The molecule has 3 rings (SSSR count). The number of nitrogens with zero attached hydrogens (tertiary/aromatic N) is 1. The summed E-state index contributed by atoms with van der Waals surface area (Å²) < 4.78 is 31.2. The summed E-state index contributed by atoms with van der Waals surface area (Å²) in [6.45, 7) is 6.62. The van der Waals surface area contributed by atoms with Crippen LogP contribution in [0, 0.1) is 5.92 Å². The van der Waals surface area contributed by atoms with Crippen molar-refractivity contribution in [2.75, 3.05) is 32.7 Å². The van der Waals surface area contributed by atoms with Gasteiger partial charge in [-0.1, -0.05) is 19.1 Å². The van der Waals surface area contributed by atoms with Gasteiger partial charge in [0.05, 0.1) is 5.60 Å². The summed E-state index contributed by atoms with van der Waals surface area (Å²) in [5, 5.41) is 14.7. The molecule has 1 aromatic carbocycles. The van der Waals surface area contributed by atoms with Gasteiger partial charge in [0.1, 0.15) is 5.75 Å². The van der Waals surface area contributed by atoms with Crippen LogP contribution in [0.5, 0.6) is 5.75 Å². The van der Waals surface area contributed by atoms with Crippen LogP contribution in [0.4, 0.5) is 8.78 Å². The zero-order chi connectivity index (χ0) is 18.8. The fourth-order valence-electron chi connectivity index (χ4n) is 4.31. The summed E-state index contributed by atoms with van der Waals surface area (Å²) >= 11 is 0. The predicted molar refractivity (Wildman–Crippen MR) is 102 cm³/mol. The lowest BCUT2D eigenvalue weighted by Gasteiger charge is -2.38. The Kier molecular flexibility index (Phi) is 6.18. The average molecular weight is 386 g/mol. The summed E-state index contributed by atoms with van der Waals surface area (Å²) in [5.74, 6) is -2.82. The van der Waals surface area contributed by atoms with Gasteiger partial charge in [0, 0.05) is 38.6 Å². The first kappa shape index (κ1) is 19.9. The molecule has 0 amide bonds. The Labute approximate surface area is 156 Å². The minimum atomic E-state index is -3.30. The molecule has 1 aliphatic heterocycles. The molecule has 4 nitrogen and oxygen atoms in total. The van der Waals surface area contributed by atoms with E-state index in [1.807, 2.05) is 6.07 Å². The molecule has 0 aromatic heterocycles. The third-order valence-electron chi connectivity index (χ3n) is 5.59. The molecule has 26 heavy (non-hydrogen) atoms. The zero-order valence-electron chi connectivity index (χ0n) is 15.3. The van der Waals surface area contributed by atoms with E-state index in [4.69, 9.17) is 4.74 Å². The van der Waals surface area contributed by atoms with E-state index in [1.54, 1.807) is 12.1 Å². The van der Waals surface area contributed by atoms with Crippen molar-refractivity contribution in [3.63, 3.8) is 0 Å². The zero-order valence-corrected chi connectivity index (χ0v) is 16.4. The maximum absolute atomic E-state index is 13.2. The first-order valence-corrected chi connectivity index (χ1v) is 9.94. The third-order valence-corrected chi connectivity index (χ3v) is 5.70. The van der Waals surface area contributed by atoms with Crippen LogP contribution < -0.4 is 10.1 Å². The molecule has 0 radical (unpaired) electrons. The highest BCUT2D eigenvalue weighted by Crippen LogP contribution is 2.45. The molecule has 1 saturated heterocycles. The van der Waals surface area contributed by atoms with Crippen LogP contribution in [0.25, 0.3) is 0 Å². The molecule has 1 aromatic rings. The van der Waals surface area contributed by atoms with E-state index < -0.39 is 11.5 Å². The van der Waals surface area contributed by atoms with Crippen molar-refractivity contribution in [1.82, 2.24) is 10.2 Å². The van der Waals surface area contributed by atoms with Crippen LogP contribution >= 0.6 is 9.24 Å². The minimum absolute atomic E-state index is 0.118. The number of ether oxygens (including phenoxy) is 1. The summed E-state index contributed by atoms with van der Waals surface area (Å²) in [5.41, 5.74) is 0.0683. The highest BCUT2D eigenvalue weighted by atomic mass is 31.0. The van der Waals surface area contributed by atoms with Crippen molar-refractivity contribution in [1.29, 1.82) is 0 Å². The minimum Gasteiger partial charge on any atom is -0.430 e. The number of nitrogens with one attached hydrogen (secondary N) is 1. The number of hydrogen-bond acceptors (Lipinski definition) is 4. The molecule has 0 spiro atoms. The van der Waals surface area contributed by atoms with Gasteiger partial charge in [0.2, 0.25) is 0 Å². The van der Waals surface area contributed by atoms with Crippen LogP contribution in [-0.4, -0.2) is 54.2 Å². The maximum Gasteiger partial charge on any atom is 0.408 e. The third kappa shape index (κ3) is 5.13. The molecule has 2 aliphatic rings. The quantitative estimate of drug-likeness (QED) is 0.738. The van der Waals surface area contributed by atoms with Gasteiger partial charge in [-0.3, -0.25) is 0 Å². The molecule has 2 fully saturated rings. The van der Waals surface area contributed by atoms with E-state index >= 15 is 0 Å². The summed E-state index contributed by atoms with van der Waals surface area (Å²) in [6.07, 6.45) is 2.48. The van der Waals surface area contributed by atoms with Crippen molar-refractivity contribution >= 4 is 9.24 Å². The summed E-state index contributed by atoms with van der Waals surface area (Å²) in [7, 11) is 1.40. The van der Waals surface area contributed by atoms with Crippen molar-refractivity contribution in [3.05, 3.63) is 29.8 Å². The summed E-state index contributed by atoms with van der Waals surface area (Å²) in [4.78, 5) is 2.35. The fourth-order valence-corrected chi connectivity index (χ4v) is 4.45. The molecule has 0 bridgehead atoms. The van der Waals surface area contributed by atoms with Crippen molar-refractivity contribution in [2.45, 2.75) is 43.6 Å². The van der Waals surface area contributed by atoms with E-state index in [-0.39, 0.29) is 11.7 Å². The van der Waals surface area contributed by atoms with Gasteiger partial charge in [-0.05, 0) is 52.1 Å². The number of piperazine rings is 1. The van der Waals surface area contributed by atoms with Gasteiger partial charge < -0.3 is 20.1 Å². The monoisotopic (exact) mass is 386 g/mol. The molecule has 146 valence electrons. The van der Waals surface area contributed by atoms with Gasteiger partial charge in [0.15, 0.2) is 0 Å². The second kappa shape index (κ2) is 8.05. The highest BCUT2D eigenvalue weighted by Gasteiger charge is 2.43.